The number of hydrogen-bond acceptors (Lipinski definition) is 5. The average molecular weight is 626 g/mol. The molecule has 0 fully saturated rings. The summed E-state index contributed by atoms with van der Waals surface area (Å²) in [4.78, 5) is 0. The van der Waals surface area contributed by atoms with Gasteiger partial charge in [0.05, 0.1) is 0 Å². The third kappa shape index (κ3) is 7.22. The fraction of sp³-hybridized carbons (Fsp3) is 0.0465. The molecule has 1 N–H and O–H groups in total. The molecule has 0 aliphatic heterocycles. The maximum atomic E-state index is 8.49. The maximum Gasteiger partial charge on any atom is 0.248 e. The Morgan fingerprint density at radius 1 is 0.458 bits per heavy atom. The summed E-state index contributed by atoms with van der Waals surface area (Å²) in [5.74, 6) is 1.41. The number of nitrogens with one attached hydrogen (secondary N) is 1. The summed E-state index contributed by atoms with van der Waals surface area (Å²) in [5.41, 5.74) is 9.80. The fourth-order valence-electron chi connectivity index (χ4n) is 5.23. The van der Waals surface area contributed by atoms with Crippen molar-refractivity contribution < 1.29 is 9.15 Å². The molecule has 1 aromatic heterocycles. The molecule has 0 radical (unpaired) electrons. The highest BCUT2D eigenvalue weighted by molar-refractivity contribution is 5.95. The zero-order chi connectivity index (χ0) is 33.3. The number of nitrogens with zero attached hydrogens (tertiary/aromatic N) is 2. The van der Waals surface area contributed by atoms with E-state index in [0.29, 0.717) is 23.1 Å². The first-order valence-electron chi connectivity index (χ1n) is 15.9. The van der Waals surface area contributed by atoms with Gasteiger partial charge in [-0.1, -0.05) is 142 Å². The Bertz CT molecular complexity index is 2100. The van der Waals surface area contributed by atoms with Gasteiger partial charge in [-0.25, -0.2) is 0 Å². The van der Waals surface area contributed by atoms with E-state index in [-0.39, 0.29) is 5.90 Å². The van der Waals surface area contributed by atoms with Gasteiger partial charge < -0.3 is 9.15 Å². The summed E-state index contributed by atoms with van der Waals surface area (Å²) in [6.07, 6.45) is 0. The molecule has 7 rings (SSSR count). The molecule has 48 heavy (non-hydrogen) atoms. The number of benzene rings is 6. The molecule has 0 saturated carbocycles. The predicted octanol–water partition coefficient (Wildman–Crippen LogP) is 11.4. The Balaban J connectivity index is 0.00000197. The van der Waals surface area contributed by atoms with Gasteiger partial charge >= 0.3 is 0 Å². The zero-order valence-electron chi connectivity index (χ0n) is 26.9. The molecule has 0 saturated heterocycles. The first-order chi connectivity index (χ1) is 23.6. The van der Waals surface area contributed by atoms with E-state index in [2.05, 4.69) is 53.2 Å². The highest BCUT2D eigenvalue weighted by Crippen LogP contribution is 2.29. The molecule has 0 aliphatic carbocycles. The van der Waals surface area contributed by atoms with Gasteiger partial charge in [0, 0.05) is 22.3 Å². The molecule has 0 spiro atoms. The summed E-state index contributed by atoms with van der Waals surface area (Å²) in [7, 11) is 0. The summed E-state index contributed by atoms with van der Waals surface area (Å²) in [6.45, 7) is 8.04. The lowest BCUT2D eigenvalue weighted by atomic mass is 10.0. The van der Waals surface area contributed by atoms with Crippen LogP contribution < -0.4 is 0 Å². The molecule has 7 aromatic rings. The second-order valence-electron chi connectivity index (χ2n) is 10.8. The van der Waals surface area contributed by atoms with Crippen LogP contribution >= 0.6 is 0 Å². The molecule has 5 heteroatoms. The van der Waals surface area contributed by atoms with Gasteiger partial charge in [-0.3, -0.25) is 5.41 Å². The molecule has 6 aromatic carbocycles. The van der Waals surface area contributed by atoms with Gasteiger partial charge in [0.15, 0.2) is 0 Å². The minimum absolute atomic E-state index is 0.0425. The van der Waals surface area contributed by atoms with Crippen molar-refractivity contribution in [2.75, 3.05) is 0 Å². The molecular weight excluding hydrogens is 590 g/mol. The molecule has 0 unspecified atom stereocenters. The van der Waals surface area contributed by atoms with Gasteiger partial charge in [0.1, 0.15) is 5.76 Å². The van der Waals surface area contributed by atoms with E-state index in [1.54, 1.807) is 0 Å². The average Bonchev–Trinajstić information content (AvgIpc) is 3.67. The molecule has 1 heterocycles. The minimum Gasteiger partial charge on any atom is -0.439 e. The van der Waals surface area contributed by atoms with Crippen LogP contribution in [0.3, 0.4) is 0 Å². The van der Waals surface area contributed by atoms with E-state index in [0.717, 1.165) is 50.1 Å². The summed E-state index contributed by atoms with van der Waals surface area (Å²) < 4.78 is 11.8. The number of aromatic nitrogens is 2. The maximum absolute atomic E-state index is 8.49. The molecule has 0 aliphatic rings. The molecule has 234 valence electrons. The van der Waals surface area contributed by atoms with Crippen molar-refractivity contribution in [3.8, 4) is 56.3 Å². The van der Waals surface area contributed by atoms with Crippen LogP contribution in [0.25, 0.3) is 62.0 Å². The van der Waals surface area contributed by atoms with Gasteiger partial charge in [-0.15, -0.1) is 10.2 Å². The van der Waals surface area contributed by atoms with Crippen molar-refractivity contribution in [2.24, 2.45) is 0 Å². The lowest BCUT2D eigenvalue weighted by Crippen LogP contribution is -2.04. The molecule has 0 bridgehead atoms. The number of ether oxygens (including phenoxy) is 1. The largest absolute Gasteiger partial charge is 0.439 e. The Kier molecular flexibility index (Phi) is 9.78. The molecule has 5 nitrogen and oxygen atoms in total. The minimum atomic E-state index is 0.0425. The van der Waals surface area contributed by atoms with Crippen molar-refractivity contribution in [2.45, 2.75) is 13.8 Å². The third-order valence-electron chi connectivity index (χ3n) is 7.82. The van der Waals surface area contributed by atoms with Crippen molar-refractivity contribution in [3.63, 3.8) is 0 Å². The van der Waals surface area contributed by atoms with Crippen molar-refractivity contribution in [1.82, 2.24) is 10.2 Å². The SMILES string of the molecule is C=C(OC(=N)c1ccc(-c2ccc(-c3nnc(-c4ccc(-c5ccccc5)cc4)o3)cc2)cc1)c1ccc(-c2ccccc2)cc1.CC. The topological polar surface area (TPSA) is 72.0 Å². The molecule has 0 amide bonds. The second kappa shape index (κ2) is 14.8. The van der Waals surface area contributed by atoms with Crippen LogP contribution in [0.1, 0.15) is 25.0 Å². The standard InChI is InChI=1S/C41H29N3O2.C2H6/c1-28(29-12-14-32(15-13-29)30-8-4-2-5-9-30)45-39(42)36-22-16-34(17-23-36)35-20-26-38(27-21-35)41-44-43-40(46-41)37-24-18-33(19-25-37)31-10-6-3-7-11-31;1-2/h2-27,42H,1H2;1-2H3. The first-order valence-corrected chi connectivity index (χ1v) is 15.9. The van der Waals surface area contributed by atoms with Gasteiger partial charge in [0.25, 0.3) is 0 Å². The van der Waals surface area contributed by atoms with Crippen LogP contribution in [0.5, 0.6) is 0 Å². The van der Waals surface area contributed by atoms with Gasteiger partial charge in [-0.05, 0) is 69.8 Å². The van der Waals surface area contributed by atoms with Crippen molar-refractivity contribution >= 4 is 11.7 Å². The van der Waals surface area contributed by atoms with Crippen LogP contribution in [0.4, 0.5) is 0 Å². The highest BCUT2D eigenvalue weighted by Gasteiger charge is 2.12. The van der Waals surface area contributed by atoms with Gasteiger partial charge in [0.2, 0.25) is 17.7 Å². The highest BCUT2D eigenvalue weighted by atomic mass is 16.5. The Morgan fingerprint density at radius 2 is 0.771 bits per heavy atom. The third-order valence-corrected chi connectivity index (χ3v) is 7.82. The summed E-state index contributed by atoms with van der Waals surface area (Å²) in [6, 6.07) is 52.2. The van der Waals surface area contributed by atoms with E-state index in [1.165, 1.54) is 0 Å². The van der Waals surface area contributed by atoms with Crippen molar-refractivity contribution in [1.29, 1.82) is 5.41 Å². The quantitative estimate of drug-likeness (QED) is 0.104. The Labute approximate surface area is 281 Å². The van der Waals surface area contributed by atoms with Crippen LogP contribution in [0.2, 0.25) is 0 Å². The Morgan fingerprint density at radius 3 is 1.17 bits per heavy atom. The van der Waals surface area contributed by atoms with E-state index >= 15 is 0 Å². The van der Waals surface area contributed by atoms with Crippen molar-refractivity contribution in [3.05, 3.63) is 175 Å². The monoisotopic (exact) mass is 625 g/mol. The number of hydrogen-bond donors (Lipinski definition) is 1. The molecule has 0 atom stereocenters. The summed E-state index contributed by atoms with van der Waals surface area (Å²) >= 11 is 0. The number of rotatable bonds is 8. The van der Waals surface area contributed by atoms with E-state index in [4.69, 9.17) is 14.6 Å². The van der Waals surface area contributed by atoms with E-state index < -0.39 is 0 Å². The lowest BCUT2D eigenvalue weighted by Gasteiger charge is -2.11. The van der Waals surface area contributed by atoms with Crippen LogP contribution in [-0.4, -0.2) is 16.1 Å². The predicted molar refractivity (Wildman–Crippen MR) is 196 cm³/mol. The smallest absolute Gasteiger partial charge is 0.248 e. The molecular formula is C43H35N3O2. The van der Waals surface area contributed by atoms with Crippen LogP contribution in [0, 0.1) is 5.41 Å². The first kappa shape index (κ1) is 31.6. The van der Waals surface area contributed by atoms with E-state index in [9.17, 15) is 0 Å². The van der Waals surface area contributed by atoms with Crippen LogP contribution in [0.15, 0.2) is 169 Å². The lowest BCUT2D eigenvalue weighted by molar-refractivity contribution is 0.506. The fourth-order valence-corrected chi connectivity index (χ4v) is 5.23. The van der Waals surface area contributed by atoms with Gasteiger partial charge in [-0.2, -0.15) is 0 Å². The summed E-state index contributed by atoms with van der Waals surface area (Å²) in [5, 5.41) is 17.0. The van der Waals surface area contributed by atoms with E-state index in [1.807, 2.05) is 135 Å². The second-order valence-corrected chi connectivity index (χ2v) is 10.8. The van der Waals surface area contributed by atoms with Crippen LogP contribution in [-0.2, 0) is 4.74 Å². The normalized spacial score (nSPS) is 10.5. The zero-order valence-corrected chi connectivity index (χ0v) is 26.9. The Hall–Kier alpha value is -6.33.